The molecule has 1 saturated heterocycles. The van der Waals surface area contributed by atoms with Gasteiger partial charge in [0.2, 0.25) is 0 Å². The lowest BCUT2D eigenvalue weighted by molar-refractivity contribution is 0.0487. The van der Waals surface area contributed by atoms with Crippen LogP contribution in [0, 0.1) is 0 Å². The van der Waals surface area contributed by atoms with Crippen LogP contribution in [-0.4, -0.2) is 34.7 Å². The molecule has 1 aliphatic carbocycles. The third-order valence-electron chi connectivity index (χ3n) is 3.80. The quantitative estimate of drug-likeness (QED) is 0.835. The van der Waals surface area contributed by atoms with Crippen LogP contribution in [0.5, 0.6) is 0 Å². The minimum absolute atomic E-state index is 0.482. The van der Waals surface area contributed by atoms with Crippen LogP contribution in [0.3, 0.4) is 0 Å². The van der Waals surface area contributed by atoms with Gasteiger partial charge >= 0.3 is 0 Å². The van der Waals surface area contributed by atoms with Crippen LogP contribution in [0.25, 0.3) is 0 Å². The largest absolute Gasteiger partial charge is 0.388 e. The van der Waals surface area contributed by atoms with Gasteiger partial charge in [0, 0.05) is 25.6 Å². The average Bonchev–Trinajstić information content (AvgIpc) is 3.05. The predicted molar refractivity (Wildman–Crippen MR) is 64.3 cm³/mol. The van der Waals surface area contributed by atoms with Crippen molar-refractivity contribution in [2.24, 2.45) is 0 Å². The topological polar surface area (TPSA) is 23.5 Å². The van der Waals surface area contributed by atoms with E-state index in [2.05, 4.69) is 17.0 Å². The smallest absolute Gasteiger partial charge is 0.0826 e. The van der Waals surface area contributed by atoms with Gasteiger partial charge in [-0.1, -0.05) is 30.3 Å². The SMILES string of the molecule is OC1(Cc2ccccc2)CCN(C2CC2)C1. The lowest BCUT2D eigenvalue weighted by Crippen LogP contribution is -2.36. The minimum Gasteiger partial charge on any atom is -0.388 e. The maximum Gasteiger partial charge on any atom is 0.0826 e. The van der Waals surface area contributed by atoms with Crippen LogP contribution in [0.1, 0.15) is 24.8 Å². The molecule has 0 spiro atoms. The summed E-state index contributed by atoms with van der Waals surface area (Å²) < 4.78 is 0. The summed E-state index contributed by atoms with van der Waals surface area (Å²) >= 11 is 0. The van der Waals surface area contributed by atoms with Crippen molar-refractivity contribution in [1.29, 1.82) is 0 Å². The Kier molecular flexibility index (Phi) is 2.49. The molecule has 1 aliphatic heterocycles. The fourth-order valence-electron chi connectivity index (χ4n) is 2.76. The van der Waals surface area contributed by atoms with Crippen LogP contribution >= 0.6 is 0 Å². The van der Waals surface area contributed by atoms with Gasteiger partial charge in [-0.2, -0.15) is 0 Å². The van der Waals surface area contributed by atoms with Crippen molar-refractivity contribution in [1.82, 2.24) is 4.90 Å². The third kappa shape index (κ3) is 2.13. The van der Waals surface area contributed by atoms with E-state index in [1.54, 1.807) is 0 Å². The number of likely N-dealkylation sites (tertiary alicyclic amines) is 1. The summed E-state index contributed by atoms with van der Waals surface area (Å²) in [7, 11) is 0. The first-order valence-corrected chi connectivity index (χ1v) is 6.26. The molecule has 0 radical (unpaired) electrons. The highest BCUT2D eigenvalue weighted by Crippen LogP contribution is 2.34. The van der Waals surface area contributed by atoms with E-state index in [4.69, 9.17) is 0 Å². The average molecular weight is 217 g/mol. The van der Waals surface area contributed by atoms with Crippen molar-refractivity contribution in [3.8, 4) is 0 Å². The predicted octanol–water partition coefficient (Wildman–Crippen LogP) is 1.83. The number of rotatable bonds is 3. The standard InChI is InChI=1S/C14H19NO/c16-14(10-12-4-2-1-3-5-12)8-9-15(11-14)13-6-7-13/h1-5,13,16H,6-11H2. The Morgan fingerprint density at radius 3 is 2.69 bits per heavy atom. The normalized spacial score (nSPS) is 30.8. The second-order valence-electron chi connectivity index (χ2n) is 5.34. The molecule has 2 nitrogen and oxygen atoms in total. The van der Waals surface area contributed by atoms with Crippen LogP contribution in [0.4, 0.5) is 0 Å². The Labute approximate surface area is 96.9 Å². The lowest BCUT2D eigenvalue weighted by atomic mass is 9.94. The van der Waals surface area contributed by atoms with Crippen LogP contribution in [0.15, 0.2) is 30.3 Å². The van der Waals surface area contributed by atoms with Gasteiger partial charge in [0.15, 0.2) is 0 Å². The summed E-state index contributed by atoms with van der Waals surface area (Å²) in [6.07, 6.45) is 4.40. The summed E-state index contributed by atoms with van der Waals surface area (Å²) in [4.78, 5) is 2.46. The molecular formula is C14H19NO. The van der Waals surface area contributed by atoms with E-state index in [0.717, 1.165) is 32.0 Å². The molecule has 0 amide bonds. The Morgan fingerprint density at radius 1 is 1.25 bits per heavy atom. The van der Waals surface area contributed by atoms with Crippen LogP contribution < -0.4 is 0 Å². The molecular weight excluding hydrogens is 198 g/mol. The summed E-state index contributed by atoms with van der Waals surface area (Å²) in [6.45, 7) is 1.95. The van der Waals surface area contributed by atoms with Crippen molar-refractivity contribution < 1.29 is 5.11 Å². The minimum atomic E-state index is -0.482. The molecule has 3 rings (SSSR count). The Morgan fingerprint density at radius 2 is 2.00 bits per heavy atom. The molecule has 2 heteroatoms. The van der Waals surface area contributed by atoms with Gasteiger partial charge < -0.3 is 5.11 Å². The molecule has 1 N–H and O–H groups in total. The molecule has 1 unspecified atom stereocenters. The van der Waals surface area contributed by atoms with E-state index in [1.807, 2.05) is 18.2 Å². The van der Waals surface area contributed by atoms with Crippen molar-refractivity contribution in [3.05, 3.63) is 35.9 Å². The second kappa shape index (κ2) is 3.86. The maximum absolute atomic E-state index is 10.6. The molecule has 1 heterocycles. The first-order chi connectivity index (χ1) is 7.75. The number of hydrogen-bond acceptors (Lipinski definition) is 2. The molecule has 2 fully saturated rings. The molecule has 0 aromatic heterocycles. The Hall–Kier alpha value is -0.860. The highest BCUT2D eigenvalue weighted by Gasteiger charge is 2.41. The zero-order chi connectivity index (χ0) is 11.0. The van der Waals surface area contributed by atoms with Crippen molar-refractivity contribution >= 4 is 0 Å². The van der Waals surface area contributed by atoms with Gasteiger partial charge in [0.25, 0.3) is 0 Å². The molecule has 2 aliphatic rings. The Balaban J connectivity index is 1.66. The third-order valence-corrected chi connectivity index (χ3v) is 3.80. The summed E-state index contributed by atoms with van der Waals surface area (Å²) in [5, 5.41) is 10.6. The first kappa shape index (κ1) is 10.3. The van der Waals surface area contributed by atoms with E-state index in [0.29, 0.717) is 0 Å². The molecule has 1 aromatic rings. The van der Waals surface area contributed by atoms with Gasteiger partial charge in [0.05, 0.1) is 5.60 Å². The van der Waals surface area contributed by atoms with E-state index >= 15 is 0 Å². The van der Waals surface area contributed by atoms with Crippen molar-refractivity contribution in [2.45, 2.75) is 37.3 Å². The van der Waals surface area contributed by atoms with E-state index in [9.17, 15) is 5.11 Å². The molecule has 86 valence electrons. The highest BCUT2D eigenvalue weighted by atomic mass is 16.3. The van der Waals surface area contributed by atoms with Gasteiger partial charge in [-0.05, 0) is 24.8 Å². The fraction of sp³-hybridized carbons (Fsp3) is 0.571. The maximum atomic E-state index is 10.6. The number of aliphatic hydroxyl groups is 1. The molecule has 1 saturated carbocycles. The zero-order valence-electron chi connectivity index (χ0n) is 9.60. The number of β-amino-alcohol motifs (C(OH)–C–C–N with tert-alkyl or cyclic N) is 1. The molecule has 1 aromatic carbocycles. The number of benzene rings is 1. The van der Waals surface area contributed by atoms with Gasteiger partial charge in [-0.3, -0.25) is 4.90 Å². The van der Waals surface area contributed by atoms with Crippen LogP contribution in [0.2, 0.25) is 0 Å². The summed E-state index contributed by atoms with van der Waals surface area (Å²) in [5.74, 6) is 0. The first-order valence-electron chi connectivity index (χ1n) is 6.26. The lowest BCUT2D eigenvalue weighted by Gasteiger charge is -2.23. The number of hydrogen-bond donors (Lipinski definition) is 1. The van der Waals surface area contributed by atoms with Crippen LogP contribution in [-0.2, 0) is 6.42 Å². The van der Waals surface area contributed by atoms with Gasteiger partial charge in [-0.25, -0.2) is 0 Å². The van der Waals surface area contributed by atoms with E-state index in [-0.39, 0.29) is 0 Å². The highest BCUT2D eigenvalue weighted by molar-refractivity contribution is 5.18. The van der Waals surface area contributed by atoms with E-state index in [1.165, 1.54) is 18.4 Å². The second-order valence-corrected chi connectivity index (χ2v) is 5.34. The molecule has 16 heavy (non-hydrogen) atoms. The Bertz CT molecular complexity index is 360. The zero-order valence-corrected chi connectivity index (χ0v) is 9.60. The molecule has 1 atom stereocenters. The van der Waals surface area contributed by atoms with Crippen molar-refractivity contribution in [3.63, 3.8) is 0 Å². The molecule has 0 bridgehead atoms. The summed E-state index contributed by atoms with van der Waals surface area (Å²) in [5.41, 5.74) is 0.770. The number of nitrogens with zero attached hydrogens (tertiary/aromatic N) is 1. The van der Waals surface area contributed by atoms with E-state index < -0.39 is 5.60 Å². The summed E-state index contributed by atoms with van der Waals surface area (Å²) in [6, 6.07) is 11.1. The fourth-order valence-corrected chi connectivity index (χ4v) is 2.76. The van der Waals surface area contributed by atoms with Crippen molar-refractivity contribution in [2.75, 3.05) is 13.1 Å². The van der Waals surface area contributed by atoms with Gasteiger partial charge in [-0.15, -0.1) is 0 Å². The monoisotopic (exact) mass is 217 g/mol. The van der Waals surface area contributed by atoms with Gasteiger partial charge in [0.1, 0.15) is 0 Å².